The number of ketones is 1. The molecule has 2 aliphatic rings. The van der Waals surface area contributed by atoms with Crippen LogP contribution in [0.2, 0.25) is 0 Å². The lowest BCUT2D eigenvalue weighted by Gasteiger charge is -2.41. The van der Waals surface area contributed by atoms with Crippen LogP contribution in [0, 0.1) is 11.3 Å². The molecule has 5 heteroatoms. The largest absolute Gasteiger partial charge is 0.466 e. The Morgan fingerprint density at radius 3 is 2.68 bits per heavy atom. The molecule has 0 spiro atoms. The van der Waals surface area contributed by atoms with E-state index in [4.69, 9.17) is 4.74 Å². The Morgan fingerprint density at radius 1 is 1.32 bits per heavy atom. The van der Waals surface area contributed by atoms with Gasteiger partial charge >= 0.3 is 5.97 Å². The van der Waals surface area contributed by atoms with Gasteiger partial charge in [0.2, 0.25) is 0 Å². The van der Waals surface area contributed by atoms with Crippen LogP contribution < -0.4 is 5.32 Å². The molecule has 132 valence electrons. The lowest BCUT2D eigenvalue weighted by Crippen LogP contribution is -2.43. The second-order valence-electron chi connectivity index (χ2n) is 7.40. The van der Waals surface area contributed by atoms with Crippen LogP contribution in [-0.4, -0.2) is 18.9 Å². The van der Waals surface area contributed by atoms with Crippen molar-refractivity contribution in [1.29, 1.82) is 0 Å². The Balaban J connectivity index is 2.22. The van der Waals surface area contributed by atoms with E-state index in [1.807, 2.05) is 31.2 Å². The van der Waals surface area contributed by atoms with Gasteiger partial charge in [0.15, 0.2) is 0 Å². The third kappa shape index (κ3) is 3.30. The second-order valence-corrected chi connectivity index (χ2v) is 8.31. The Bertz CT molecular complexity index is 807. The molecule has 2 unspecified atom stereocenters. The molecule has 0 radical (unpaired) electrons. The molecule has 1 heterocycles. The highest BCUT2D eigenvalue weighted by atomic mass is 79.9. The first kappa shape index (κ1) is 17.9. The summed E-state index contributed by atoms with van der Waals surface area (Å²) < 4.78 is 5.93. The van der Waals surface area contributed by atoms with Crippen LogP contribution in [0.5, 0.6) is 0 Å². The molecule has 0 fully saturated rings. The zero-order valence-electron chi connectivity index (χ0n) is 14.9. The van der Waals surface area contributed by atoms with Crippen LogP contribution in [0.1, 0.15) is 38.7 Å². The number of nitrogens with one attached hydrogen (secondary N) is 1. The van der Waals surface area contributed by atoms with Gasteiger partial charge in [0.25, 0.3) is 0 Å². The highest BCUT2D eigenvalue weighted by Crippen LogP contribution is 2.47. The third-order valence-corrected chi connectivity index (χ3v) is 5.34. The molecule has 0 aromatic heterocycles. The summed E-state index contributed by atoms with van der Waals surface area (Å²) in [5.74, 6) is -0.985. The van der Waals surface area contributed by atoms with Gasteiger partial charge in [0, 0.05) is 28.2 Å². The van der Waals surface area contributed by atoms with E-state index >= 15 is 0 Å². The molecule has 3 rings (SSSR count). The Morgan fingerprint density at radius 2 is 2.04 bits per heavy atom. The van der Waals surface area contributed by atoms with Crippen LogP contribution in [0.25, 0.3) is 0 Å². The number of ether oxygens (including phenoxy) is 1. The number of allylic oxidation sites excluding steroid dienone is 3. The summed E-state index contributed by atoms with van der Waals surface area (Å²) in [6.45, 7) is 5.97. The van der Waals surface area contributed by atoms with Gasteiger partial charge in [-0.25, -0.2) is 4.79 Å². The first-order valence-electron chi connectivity index (χ1n) is 8.30. The Labute approximate surface area is 156 Å². The molecule has 0 saturated heterocycles. The van der Waals surface area contributed by atoms with E-state index in [1.165, 1.54) is 7.11 Å². The average molecular weight is 404 g/mol. The van der Waals surface area contributed by atoms with E-state index in [9.17, 15) is 9.59 Å². The summed E-state index contributed by atoms with van der Waals surface area (Å²) in [5.41, 5.74) is 2.89. The molecule has 0 bridgehead atoms. The van der Waals surface area contributed by atoms with Gasteiger partial charge in [-0.2, -0.15) is 0 Å². The zero-order chi connectivity index (χ0) is 18.4. The van der Waals surface area contributed by atoms with Crippen LogP contribution in [0.3, 0.4) is 0 Å². The number of carbonyl (C=O) groups excluding carboxylic acids is 2. The summed E-state index contributed by atoms with van der Waals surface area (Å²) >= 11 is 3.49. The first-order valence-corrected chi connectivity index (χ1v) is 9.10. The number of carbonyl (C=O) groups is 2. The number of halogens is 1. The molecule has 1 aliphatic carbocycles. The minimum absolute atomic E-state index is 0.147. The van der Waals surface area contributed by atoms with Crippen molar-refractivity contribution in [2.75, 3.05) is 7.11 Å². The van der Waals surface area contributed by atoms with Crippen LogP contribution >= 0.6 is 15.9 Å². The van der Waals surface area contributed by atoms with Crippen LogP contribution in [-0.2, 0) is 14.3 Å². The second kappa shape index (κ2) is 6.45. The molecule has 4 nitrogen and oxygen atoms in total. The number of hydrogen-bond donors (Lipinski definition) is 1. The van der Waals surface area contributed by atoms with Crippen molar-refractivity contribution in [3.63, 3.8) is 0 Å². The zero-order valence-corrected chi connectivity index (χ0v) is 16.4. The third-order valence-electron chi connectivity index (χ3n) is 4.85. The van der Waals surface area contributed by atoms with Crippen molar-refractivity contribution < 1.29 is 14.3 Å². The molecule has 1 N–H and O–H groups in total. The number of esters is 1. The predicted molar refractivity (Wildman–Crippen MR) is 99.7 cm³/mol. The minimum Gasteiger partial charge on any atom is -0.466 e. The fourth-order valence-electron chi connectivity index (χ4n) is 3.91. The molecule has 1 aromatic carbocycles. The van der Waals surface area contributed by atoms with E-state index < -0.39 is 5.97 Å². The van der Waals surface area contributed by atoms with Crippen molar-refractivity contribution in [3.05, 3.63) is 57.3 Å². The summed E-state index contributed by atoms with van der Waals surface area (Å²) in [4.78, 5) is 25.5. The van der Waals surface area contributed by atoms with Crippen molar-refractivity contribution >= 4 is 27.7 Å². The summed E-state index contributed by atoms with van der Waals surface area (Å²) in [6.07, 6.45) is 2.59. The quantitative estimate of drug-likeness (QED) is 0.755. The number of hydrogen-bond acceptors (Lipinski definition) is 4. The maximum atomic E-state index is 13.0. The van der Waals surface area contributed by atoms with Crippen LogP contribution in [0.4, 0.5) is 0 Å². The number of fused-ring (bicyclic) bond motifs is 1. The standard InChI is InChI=1S/C20H22BrNO3/c1-11-16(19(24)25-4)17(12-6-5-7-13(21)8-12)18-14(22-11)9-20(2,3)10-15(18)23/h5-9,17-18,22H,10H2,1-4H3. The van der Waals surface area contributed by atoms with Crippen molar-refractivity contribution in [2.45, 2.75) is 33.1 Å². The van der Waals surface area contributed by atoms with Gasteiger partial charge < -0.3 is 10.1 Å². The molecule has 1 aliphatic heterocycles. The Kier molecular flexibility index (Phi) is 4.62. The van der Waals surface area contributed by atoms with E-state index in [1.54, 1.807) is 0 Å². The molecule has 25 heavy (non-hydrogen) atoms. The Hall–Kier alpha value is -1.88. The molecular formula is C20H22BrNO3. The minimum atomic E-state index is -0.397. The predicted octanol–water partition coefficient (Wildman–Crippen LogP) is 4.08. The summed E-state index contributed by atoms with van der Waals surface area (Å²) in [7, 11) is 1.37. The van der Waals surface area contributed by atoms with E-state index in [-0.39, 0.29) is 23.0 Å². The van der Waals surface area contributed by atoms with Crippen molar-refractivity contribution in [1.82, 2.24) is 5.32 Å². The average Bonchev–Trinajstić information content (AvgIpc) is 2.51. The van der Waals surface area contributed by atoms with E-state index in [0.29, 0.717) is 12.0 Å². The molecule has 0 saturated carbocycles. The first-order chi connectivity index (χ1) is 11.7. The smallest absolute Gasteiger partial charge is 0.336 e. The van der Waals surface area contributed by atoms with E-state index in [2.05, 4.69) is 41.2 Å². The monoisotopic (exact) mass is 403 g/mol. The maximum Gasteiger partial charge on any atom is 0.336 e. The normalized spacial score (nSPS) is 25.0. The maximum absolute atomic E-state index is 13.0. The molecule has 1 aromatic rings. The summed E-state index contributed by atoms with van der Waals surface area (Å²) in [5, 5.41) is 3.29. The van der Waals surface area contributed by atoms with Crippen molar-refractivity contribution in [3.8, 4) is 0 Å². The number of Topliss-reactive ketones (excluding diaryl/α,β-unsaturated/α-hetero) is 1. The van der Waals surface area contributed by atoms with Gasteiger partial charge in [-0.05, 0) is 30.0 Å². The van der Waals surface area contributed by atoms with Gasteiger partial charge in [-0.3, -0.25) is 4.79 Å². The number of rotatable bonds is 2. The lowest BCUT2D eigenvalue weighted by molar-refractivity contribution is -0.136. The molecular weight excluding hydrogens is 382 g/mol. The van der Waals surface area contributed by atoms with Gasteiger partial charge in [0.1, 0.15) is 5.78 Å². The topological polar surface area (TPSA) is 55.4 Å². The molecule has 2 atom stereocenters. The summed E-state index contributed by atoms with van der Waals surface area (Å²) in [6, 6.07) is 7.78. The van der Waals surface area contributed by atoms with Crippen molar-refractivity contribution in [2.24, 2.45) is 11.3 Å². The number of methoxy groups -OCH3 is 1. The van der Waals surface area contributed by atoms with Gasteiger partial charge in [-0.15, -0.1) is 0 Å². The fraction of sp³-hybridized carbons (Fsp3) is 0.400. The lowest BCUT2D eigenvalue weighted by atomic mass is 9.66. The van der Waals surface area contributed by atoms with Gasteiger partial charge in [0.05, 0.1) is 18.6 Å². The number of benzene rings is 1. The van der Waals surface area contributed by atoms with Gasteiger partial charge in [-0.1, -0.05) is 48.0 Å². The molecule has 0 amide bonds. The SMILES string of the molecule is COC(=O)C1=C(C)NC2=CC(C)(C)CC(=O)C2C1c1cccc(Br)c1. The van der Waals surface area contributed by atoms with E-state index in [0.717, 1.165) is 21.4 Å². The fourth-order valence-corrected chi connectivity index (χ4v) is 4.32. The highest BCUT2D eigenvalue weighted by molar-refractivity contribution is 9.10. The van der Waals surface area contributed by atoms with Crippen LogP contribution in [0.15, 0.2) is 51.8 Å². The highest BCUT2D eigenvalue weighted by Gasteiger charge is 2.46.